The second-order valence-corrected chi connectivity index (χ2v) is 4.57. The van der Waals surface area contributed by atoms with Gasteiger partial charge in [-0.15, -0.1) is 0 Å². The zero-order valence-corrected chi connectivity index (χ0v) is 11.6. The first-order chi connectivity index (χ1) is 10.4. The number of hydrogen-bond acceptors (Lipinski definition) is 5. The highest BCUT2D eigenvalue weighted by Crippen LogP contribution is 2.36. The van der Waals surface area contributed by atoms with Crippen LogP contribution in [0.4, 0.5) is 17.1 Å². The number of anilines is 1. The number of nitro groups is 2. The number of amides is 1. The normalized spacial score (nSPS) is 10.0. The van der Waals surface area contributed by atoms with Crippen LogP contribution in [-0.2, 0) is 0 Å². The van der Waals surface area contributed by atoms with E-state index in [1.165, 1.54) is 12.1 Å². The SMILES string of the molecule is O=C(Nc1cc([N+](=O)[O-])cc(Cl)c1[N+](=O)[O-])c1ccccc1. The van der Waals surface area contributed by atoms with Crippen LogP contribution in [0.1, 0.15) is 10.4 Å². The maximum atomic E-state index is 12.0. The molecule has 2 aromatic rings. The van der Waals surface area contributed by atoms with Crippen molar-refractivity contribution in [2.45, 2.75) is 0 Å². The van der Waals surface area contributed by atoms with E-state index in [9.17, 15) is 25.0 Å². The molecule has 1 amide bonds. The van der Waals surface area contributed by atoms with E-state index in [1.54, 1.807) is 18.2 Å². The minimum Gasteiger partial charge on any atom is -0.316 e. The molecule has 0 heterocycles. The predicted molar refractivity (Wildman–Crippen MR) is 79.2 cm³/mol. The lowest BCUT2D eigenvalue weighted by atomic mass is 10.2. The summed E-state index contributed by atoms with van der Waals surface area (Å²) in [6.45, 7) is 0. The van der Waals surface area contributed by atoms with Gasteiger partial charge in [-0.25, -0.2) is 0 Å². The van der Waals surface area contributed by atoms with Crippen molar-refractivity contribution in [1.29, 1.82) is 0 Å². The van der Waals surface area contributed by atoms with Crippen LogP contribution in [0.15, 0.2) is 42.5 Å². The number of non-ortho nitro benzene ring substituents is 1. The van der Waals surface area contributed by atoms with Crippen molar-refractivity contribution in [3.05, 3.63) is 73.3 Å². The molecule has 8 nitrogen and oxygen atoms in total. The number of halogens is 1. The molecular weight excluding hydrogens is 314 g/mol. The lowest BCUT2D eigenvalue weighted by molar-refractivity contribution is -0.388. The molecule has 9 heteroatoms. The maximum absolute atomic E-state index is 12.0. The van der Waals surface area contributed by atoms with Crippen LogP contribution in [0.25, 0.3) is 0 Å². The average Bonchev–Trinajstić information content (AvgIpc) is 2.47. The molecule has 0 bridgehead atoms. The highest BCUT2D eigenvalue weighted by molar-refractivity contribution is 6.33. The quantitative estimate of drug-likeness (QED) is 0.684. The smallest absolute Gasteiger partial charge is 0.311 e. The van der Waals surface area contributed by atoms with E-state index >= 15 is 0 Å². The van der Waals surface area contributed by atoms with Gasteiger partial charge in [-0.2, -0.15) is 0 Å². The molecule has 0 unspecified atom stereocenters. The third-order valence-corrected chi connectivity index (χ3v) is 3.01. The number of carbonyl (C=O) groups excluding carboxylic acids is 1. The van der Waals surface area contributed by atoms with Gasteiger partial charge >= 0.3 is 5.69 Å². The molecule has 0 aromatic heterocycles. The van der Waals surface area contributed by atoms with Gasteiger partial charge in [-0.1, -0.05) is 29.8 Å². The lowest BCUT2D eigenvalue weighted by Crippen LogP contribution is -2.13. The second-order valence-electron chi connectivity index (χ2n) is 4.16. The zero-order valence-electron chi connectivity index (χ0n) is 10.9. The van der Waals surface area contributed by atoms with E-state index in [0.717, 1.165) is 12.1 Å². The van der Waals surface area contributed by atoms with E-state index in [2.05, 4.69) is 5.32 Å². The van der Waals surface area contributed by atoms with Crippen LogP contribution < -0.4 is 5.32 Å². The Bertz CT molecular complexity index is 764. The van der Waals surface area contributed by atoms with E-state index < -0.39 is 32.2 Å². The minimum atomic E-state index is -0.813. The fraction of sp³-hybridized carbons (Fsp3) is 0. The third kappa shape index (κ3) is 3.18. The molecule has 112 valence electrons. The second kappa shape index (κ2) is 6.19. The fourth-order valence-electron chi connectivity index (χ4n) is 1.76. The first kappa shape index (κ1) is 15.4. The summed E-state index contributed by atoms with van der Waals surface area (Å²) in [6.07, 6.45) is 0. The highest BCUT2D eigenvalue weighted by Gasteiger charge is 2.25. The molecule has 22 heavy (non-hydrogen) atoms. The van der Waals surface area contributed by atoms with Crippen molar-refractivity contribution >= 4 is 34.6 Å². The summed E-state index contributed by atoms with van der Waals surface area (Å²) in [4.78, 5) is 32.3. The predicted octanol–water partition coefficient (Wildman–Crippen LogP) is 3.41. The van der Waals surface area contributed by atoms with Gasteiger partial charge in [0.1, 0.15) is 10.7 Å². The summed E-state index contributed by atoms with van der Waals surface area (Å²) < 4.78 is 0. The van der Waals surface area contributed by atoms with Gasteiger partial charge in [0, 0.05) is 17.7 Å². The number of carbonyl (C=O) groups is 1. The van der Waals surface area contributed by atoms with Gasteiger partial charge in [-0.3, -0.25) is 25.0 Å². The van der Waals surface area contributed by atoms with E-state index in [1.807, 2.05) is 0 Å². The van der Waals surface area contributed by atoms with E-state index in [0.29, 0.717) is 0 Å². The van der Waals surface area contributed by atoms with Gasteiger partial charge in [0.25, 0.3) is 11.6 Å². The van der Waals surface area contributed by atoms with Gasteiger partial charge in [0.15, 0.2) is 0 Å². The Labute approximate surface area is 128 Å². The molecule has 0 spiro atoms. The topological polar surface area (TPSA) is 115 Å². The minimum absolute atomic E-state index is 0.249. The van der Waals surface area contributed by atoms with Crippen molar-refractivity contribution in [2.24, 2.45) is 0 Å². The zero-order chi connectivity index (χ0) is 16.3. The number of rotatable bonds is 4. The molecular formula is C13H8ClN3O5. The van der Waals surface area contributed by atoms with Crippen molar-refractivity contribution in [3.8, 4) is 0 Å². The average molecular weight is 322 g/mol. The summed E-state index contributed by atoms with van der Waals surface area (Å²) >= 11 is 5.71. The fourth-order valence-corrected chi connectivity index (χ4v) is 2.04. The first-order valence-electron chi connectivity index (χ1n) is 5.89. The molecule has 1 N–H and O–H groups in total. The standard InChI is InChI=1S/C13H8ClN3O5/c14-10-6-9(16(19)20)7-11(12(10)17(21)22)15-13(18)8-4-2-1-3-5-8/h1-7H,(H,15,18). The molecule has 2 rings (SSSR count). The third-order valence-electron chi connectivity index (χ3n) is 2.73. The Hall–Kier alpha value is -3.00. The van der Waals surface area contributed by atoms with Crippen LogP contribution in [0.3, 0.4) is 0 Å². The summed E-state index contributed by atoms with van der Waals surface area (Å²) in [5, 5.41) is 23.7. The monoisotopic (exact) mass is 321 g/mol. The van der Waals surface area contributed by atoms with Crippen LogP contribution in [0.2, 0.25) is 5.02 Å². The Morgan fingerprint density at radius 3 is 2.23 bits per heavy atom. The molecule has 0 aliphatic carbocycles. The molecule has 0 aliphatic rings. The number of hydrogen-bond donors (Lipinski definition) is 1. The maximum Gasteiger partial charge on any atom is 0.311 e. The molecule has 0 saturated heterocycles. The lowest BCUT2D eigenvalue weighted by Gasteiger charge is -2.07. The highest BCUT2D eigenvalue weighted by atomic mass is 35.5. The van der Waals surface area contributed by atoms with Crippen molar-refractivity contribution in [2.75, 3.05) is 5.32 Å². The van der Waals surface area contributed by atoms with Gasteiger partial charge in [-0.05, 0) is 12.1 Å². The van der Waals surface area contributed by atoms with E-state index in [-0.39, 0.29) is 11.3 Å². The number of benzene rings is 2. The molecule has 0 saturated carbocycles. The molecule has 0 fully saturated rings. The molecule has 0 radical (unpaired) electrons. The van der Waals surface area contributed by atoms with Crippen LogP contribution in [0.5, 0.6) is 0 Å². The number of nitrogens with zero attached hydrogens (tertiary/aromatic N) is 2. The van der Waals surface area contributed by atoms with Crippen LogP contribution in [0, 0.1) is 20.2 Å². The van der Waals surface area contributed by atoms with Crippen molar-refractivity contribution in [3.63, 3.8) is 0 Å². The van der Waals surface area contributed by atoms with E-state index in [4.69, 9.17) is 11.6 Å². The van der Waals surface area contributed by atoms with Gasteiger partial charge < -0.3 is 5.32 Å². The Balaban J connectivity index is 2.46. The largest absolute Gasteiger partial charge is 0.316 e. The Morgan fingerprint density at radius 2 is 1.68 bits per heavy atom. The van der Waals surface area contributed by atoms with Gasteiger partial charge in [0.2, 0.25) is 0 Å². The van der Waals surface area contributed by atoms with Crippen LogP contribution >= 0.6 is 11.6 Å². The number of nitrogens with one attached hydrogen (secondary N) is 1. The van der Waals surface area contributed by atoms with Crippen molar-refractivity contribution < 1.29 is 14.6 Å². The first-order valence-corrected chi connectivity index (χ1v) is 6.26. The molecule has 0 aliphatic heterocycles. The molecule has 0 atom stereocenters. The summed E-state index contributed by atoms with van der Waals surface area (Å²) in [7, 11) is 0. The summed E-state index contributed by atoms with van der Waals surface area (Å²) in [5.74, 6) is -0.639. The van der Waals surface area contributed by atoms with Gasteiger partial charge in [0.05, 0.1) is 9.85 Å². The Kier molecular flexibility index (Phi) is 4.33. The van der Waals surface area contributed by atoms with Crippen molar-refractivity contribution in [1.82, 2.24) is 0 Å². The number of nitro benzene ring substituents is 2. The summed E-state index contributed by atoms with van der Waals surface area (Å²) in [5.41, 5.74) is -1.15. The van der Waals surface area contributed by atoms with Crippen LogP contribution in [-0.4, -0.2) is 15.8 Å². The summed E-state index contributed by atoms with van der Waals surface area (Å²) in [6, 6.07) is 9.68. The Morgan fingerprint density at radius 1 is 1.05 bits per heavy atom. The molecule has 2 aromatic carbocycles.